The standard InChI is InChI=1S/C102H114N6O12Si6/c1-31-97(32-2)55-43-44-56-98(33-3,34-4)104-89(113)77-69(51-63-123(19,20)21)79-80(70(78(77)90(104)114)52-64-124(22,23)24)92(116)106(91(79)115)101(39-9,40-10)59-47-48-60-102(41-11,42-12)108-95(119)83-71(53-65-125(25,26)27)81-82(72(84(83)96(108)120)54-66-126(28,29)30)94(118)107(93(81)117)100(37-7,38-8)58-46-45-57-99(35-5,36-6)105-87(111)75-67(49-61-121(13,14)15)73-74(86(110)103(97)85(73)109)68(76(75)88(105)112)50-62-122(16,17)18/h31-42H2,1-30H3. The van der Waals surface area contributed by atoms with Gasteiger partial charge in [0.15, 0.2) is 0 Å². The van der Waals surface area contributed by atoms with E-state index in [1.165, 1.54) is 0 Å². The molecule has 0 fully saturated rings. The Morgan fingerprint density at radius 3 is 0.341 bits per heavy atom. The van der Waals surface area contributed by atoms with E-state index in [2.05, 4.69) is 140 Å². The monoisotopic (exact) mass is 1780 g/mol. The largest absolute Gasteiger partial charge is 0.268 e. The van der Waals surface area contributed by atoms with Gasteiger partial charge in [-0.1, -0.05) is 272 Å². The van der Waals surface area contributed by atoms with Gasteiger partial charge in [-0.15, -0.1) is 33.3 Å². The highest BCUT2D eigenvalue weighted by Crippen LogP contribution is 2.37. The molecule has 0 saturated heterocycles. The molecule has 18 bridgehead atoms. The Morgan fingerprint density at radius 2 is 0.270 bits per heavy atom. The fraction of sp³-hybridized carbons (Fsp3) is 0.471. The van der Waals surface area contributed by atoms with Crippen LogP contribution in [0.3, 0.4) is 0 Å². The molecule has 4 aliphatic rings. The van der Waals surface area contributed by atoms with Gasteiger partial charge in [0, 0.05) is 0 Å². The van der Waals surface area contributed by atoms with Crippen LogP contribution < -0.4 is 66.7 Å². The van der Waals surface area contributed by atoms with Crippen molar-refractivity contribution in [3.8, 4) is 140 Å². The second kappa shape index (κ2) is 34.4. The van der Waals surface area contributed by atoms with E-state index in [1.807, 2.05) is 118 Å². The fourth-order valence-corrected chi connectivity index (χ4v) is 20.0. The van der Waals surface area contributed by atoms with Crippen molar-refractivity contribution < 1.29 is 0 Å². The zero-order chi connectivity index (χ0) is 94.2. The Labute approximate surface area is 744 Å². The first kappa shape index (κ1) is 96.7. The average molecular weight is 1780 g/mol. The van der Waals surface area contributed by atoms with Crippen molar-refractivity contribution in [3.05, 3.63) is 158 Å². The van der Waals surface area contributed by atoms with Crippen LogP contribution in [0.25, 0.3) is 64.6 Å². The van der Waals surface area contributed by atoms with Gasteiger partial charge in [0.05, 0.1) is 98.0 Å². The van der Waals surface area contributed by atoms with E-state index in [4.69, 9.17) is 0 Å². The summed E-state index contributed by atoms with van der Waals surface area (Å²) >= 11 is 0. The number of rotatable bonds is 12. The van der Waals surface area contributed by atoms with Gasteiger partial charge in [-0.2, -0.15) is 0 Å². The number of nitrogens with zero attached hydrogens (tertiary/aromatic N) is 6. The van der Waals surface area contributed by atoms with Crippen LogP contribution in [-0.2, 0) is 33.2 Å². The third-order valence-electron chi connectivity index (χ3n) is 24.4. The summed E-state index contributed by atoms with van der Waals surface area (Å²) in [5.74, 6) is 56.4. The Kier molecular flexibility index (Phi) is 26.4. The molecule has 3 aromatic carbocycles. The molecule has 0 atom stereocenters. The van der Waals surface area contributed by atoms with E-state index in [0.717, 1.165) is 27.4 Å². The summed E-state index contributed by atoms with van der Waals surface area (Å²) in [5, 5.41) is -2.77. The molecule has 6 aromatic heterocycles. The van der Waals surface area contributed by atoms with Crippen molar-refractivity contribution in [2.24, 2.45) is 0 Å². The first-order chi connectivity index (χ1) is 58.6. The topological polar surface area (TPSA) is 234 Å². The first-order valence-electron chi connectivity index (χ1n) is 44.0. The number of hydrogen-bond acceptors (Lipinski definition) is 12. The molecule has 126 heavy (non-hydrogen) atoms. The van der Waals surface area contributed by atoms with Gasteiger partial charge >= 0.3 is 0 Å². The van der Waals surface area contributed by atoms with Crippen LogP contribution >= 0.6 is 0 Å². The fourth-order valence-electron chi connectivity index (χ4n) is 17.0. The summed E-state index contributed by atoms with van der Waals surface area (Å²) in [7, 11) is -14.9. The molecule has 0 saturated carbocycles. The molecule has 0 radical (unpaired) electrons. The maximum Gasteiger partial charge on any atom is 0.264 e. The van der Waals surface area contributed by atoms with Crippen molar-refractivity contribution in [3.63, 3.8) is 0 Å². The summed E-state index contributed by atoms with van der Waals surface area (Å²) in [6.45, 7) is 56.5. The van der Waals surface area contributed by atoms with Crippen LogP contribution in [0.2, 0.25) is 118 Å². The third kappa shape index (κ3) is 16.5. The molecule has 9 aromatic rings. The maximum atomic E-state index is 16.2. The lowest BCUT2D eigenvalue weighted by molar-refractivity contribution is 0.345. The molecular weight excluding hydrogens is 1670 g/mol. The Morgan fingerprint density at radius 1 is 0.183 bits per heavy atom. The molecular formula is C102H114N6O12Si6. The van der Waals surface area contributed by atoms with E-state index in [9.17, 15) is 0 Å². The molecule has 13 rings (SSSR count). The number of hydrogen-bond donors (Lipinski definition) is 0. The lowest BCUT2D eigenvalue weighted by atomic mass is 9.92. The number of benzene rings is 3. The molecule has 0 unspecified atom stereocenters. The van der Waals surface area contributed by atoms with Gasteiger partial charge < -0.3 is 0 Å². The molecule has 18 nitrogen and oxygen atoms in total. The first-order valence-corrected chi connectivity index (χ1v) is 65.0. The van der Waals surface area contributed by atoms with Gasteiger partial charge in [-0.3, -0.25) is 84.9 Å². The van der Waals surface area contributed by atoms with Crippen LogP contribution in [0.4, 0.5) is 0 Å². The Balaban J connectivity index is 1.49. The molecule has 0 amide bonds. The second-order valence-corrected chi connectivity index (χ2v) is 67.9. The van der Waals surface area contributed by atoms with E-state index in [-0.39, 0.29) is 175 Å². The predicted molar refractivity (Wildman–Crippen MR) is 534 cm³/mol. The second-order valence-electron chi connectivity index (χ2n) is 39.4. The van der Waals surface area contributed by atoms with Crippen LogP contribution in [0, 0.1) is 140 Å². The Hall–Kier alpha value is -11.5. The van der Waals surface area contributed by atoms with Crippen LogP contribution in [0.1, 0.15) is 194 Å². The summed E-state index contributed by atoms with van der Waals surface area (Å²) < 4.78 is 6.32. The highest BCUT2D eigenvalue weighted by Gasteiger charge is 2.44. The molecule has 0 N–H and O–H groups in total. The molecule has 0 aliphatic carbocycles. The van der Waals surface area contributed by atoms with E-state index in [1.54, 1.807) is 83.1 Å². The highest BCUT2D eigenvalue weighted by molar-refractivity contribution is 6.86. The van der Waals surface area contributed by atoms with Crippen molar-refractivity contribution in [2.75, 3.05) is 0 Å². The van der Waals surface area contributed by atoms with Crippen LogP contribution in [-0.4, -0.2) is 75.8 Å². The quantitative estimate of drug-likeness (QED) is 0.0820. The van der Waals surface area contributed by atoms with Crippen molar-refractivity contribution in [1.82, 2.24) is 27.4 Å². The van der Waals surface area contributed by atoms with Crippen molar-refractivity contribution in [2.45, 2.75) is 311 Å². The SMILES string of the molecule is CCC1(CC)C#CC#CC(CC)(CC)n2c(=O)c3c(C#C[Si](C)(C)C)c4c(=O)n(c(=O)c4c(C#C[Si](C)(C)C)c3c2=O)C(CC)(CC)C#CC#CC(CC)(CC)n2c(=O)c3c(C#C[Si](C)(C)C)c4c(=O)n(c(=O)c4c(C#C[Si](C)(C)C)c3c2=O)C(CC)(CC)C#CC#CC(CC)(CC)n2c(=O)c3c(C#C[Si](C)(C)C)c4c(=O)n1c(=O)c4c(C#C[Si](C)(C)C)c3c2=O. The molecule has 648 valence electrons. The minimum Gasteiger partial charge on any atom is -0.268 e. The minimum atomic E-state index is -2.49. The lowest BCUT2D eigenvalue weighted by Gasteiger charge is -2.26. The molecule has 10 heterocycles. The van der Waals surface area contributed by atoms with Crippen molar-refractivity contribution >= 4 is 113 Å². The smallest absolute Gasteiger partial charge is 0.264 e. The van der Waals surface area contributed by atoms with Crippen LogP contribution in [0.5, 0.6) is 0 Å². The van der Waals surface area contributed by atoms with E-state index >= 15 is 57.5 Å². The lowest BCUT2D eigenvalue weighted by Crippen LogP contribution is -2.44. The Bertz CT molecular complexity index is 6350. The van der Waals surface area contributed by atoms with Gasteiger partial charge in [0.1, 0.15) is 81.7 Å². The third-order valence-corrected chi connectivity index (χ3v) is 29.7. The van der Waals surface area contributed by atoms with Crippen LogP contribution in [0.15, 0.2) is 57.5 Å². The predicted octanol–water partition coefficient (Wildman–Crippen LogP) is 13.3. The average Bonchev–Trinajstić information content (AvgIpc) is 1.54. The van der Waals surface area contributed by atoms with E-state index < -0.39 is 148 Å². The zero-order valence-electron chi connectivity index (χ0n) is 79.1. The van der Waals surface area contributed by atoms with Gasteiger partial charge in [-0.05, 0) is 113 Å². The van der Waals surface area contributed by atoms with E-state index in [0.29, 0.717) is 0 Å². The summed E-state index contributed by atoms with van der Waals surface area (Å²) in [5.41, 5.74) is -0.974. The molecule has 4 aliphatic heterocycles. The van der Waals surface area contributed by atoms with Gasteiger partial charge in [0.2, 0.25) is 0 Å². The van der Waals surface area contributed by atoms with Crippen molar-refractivity contribution in [1.29, 1.82) is 0 Å². The molecule has 0 spiro atoms. The maximum absolute atomic E-state index is 16.2. The number of aromatic nitrogens is 6. The normalized spacial score (nSPS) is 15.2. The zero-order valence-corrected chi connectivity index (χ0v) is 85.1. The summed E-state index contributed by atoms with van der Waals surface area (Å²) in [4.78, 5) is 195. The minimum absolute atomic E-state index is 0.0343. The molecule has 24 heteroatoms. The highest BCUT2D eigenvalue weighted by atomic mass is 28.3. The van der Waals surface area contributed by atoms with Gasteiger partial charge in [0.25, 0.3) is 66.7 Å². The summed E-state index contributed by atoms with van der Waals surface area (Å²) in [6, 6.07) is 0. The van der Waals surface area contributed by atoms with Gasteiger partial charge in [-0.25, -0.2) is 0 Å². The summed E-state index contributed by atoms with van der Waals surface area (Å²) in [6.07, 6.45) is 0.411.